The van der Waals surface area contributed by atoms with Crippen LogP contribution in [0.3, 0.4) is 0 Å². The van der Waals surface area contributed by atoms with Crippen LogP contribution in [-0.2, 0) is 10.2 Å². The van der Waals surface area contributed by atoms with Crippen molar-refractivity contribution in [2.24, 2.45) is 16.3 Å². The van der Waals surface area contributed by atoms with Gasteiger partial charge in [-0.25, -0.2) is 4.99 Å². The maximum absolute atomic E-state index is 6.11. The second-order valence-electron chi connectivity index (χ2n) is 8.51. The van der Waals surface area contributed by atoms with Crippen LogP contribution in [0.25, 0.3) is 6.08 Å². The van der Waals surface area contributed by atoms with Gasteiger partial charge in [-0.05, 0) is 37.3 Å². The smallest absolute Gasteiger partial charge is 0.195 e. The van der Waals surface area contributed by atoms with E-state index >= 15 is 0 Å². The van der Waals surface area contributed by atoms with Gasteiger partial charge in [0, 0.05) is 5.92 Å². The summed E-state index contributed by atoms with van der Waals surface area (Å²) in [5, 5.41) is 0. The summed E-state index contributed by atoms with van der Waals surface area (Å²) in [5.41, 5.74) is 2.40. The number of ether oxygens (including phenoxy) is 1. The molecule has 0 unspecified atom stereocenters. The molecule has 1 aromatic carbocycles. The van der Waals surface area contributed by atoms with Gasteiger partial charge in [0.25, 0.3) is 0 Å². The Morgan fingerprint density at radius 1 is 1.14 bits per heavy atom. The minimum absolute atomic E-state index is 0.128. The molecule has 0 bridgehead atoms. The van der Waals surface area contributed by atoms with E-state index in [1.54, 1.807) is 0 Å². The van der Waals surface area contributed by atoms with Crippen molar-refractivity contribution >= 4 is 12.0 Å². The van der Waals surface area contributed by atoms with Crippen LogP contribution in [0.1, 0.15) is 52.7 Å². The first-order chi connectivity index (χ1) is 10.1. The van der Waals surface area contributed by atoms with E-state index in [4.69, 9.17) is 9.73 Å². The average Bonchev–Trinajstić information content (AvgIpc) is 2.79. The zero-order chi connectivity index (χ0) is 16.2. The fourth-order valence-electron chi connectivity index (χ4n) is 3.93. The molecule has 0 amide bonds. The Morgan fingerprint density at radius 3 is 2.41 bits per heavy atom. The molecule has 0 N–H and O–H groups in total. The van der Waals surface area contributed by atoms with E-state index in [0.29, 0.717) is 12.5 Å². The van der Waals surface area contributed by atoms with Crippen molar-refractivity contribution in [3.63, 3.8) is 0 Å². The van der Waals surface area contributed by atoms with Crippen molar-refractivity contribution in [3.8, 4) is 0 Å². The Kier molecular flexibility index (Phi) is 3.28. The molecule has 2 heteroatoms. The van der Waals surface area contributed by atoms with E-state index < -0.39 is 0 Å². The summed E-state index contributed by atoms with van der Waals surface area (Å²) in [7, 11) is 0. The molecule has 0 aromatic heterocycles. The highest BCUT2D eigenvalue weighted by Gasteiger charge is 2.50. The van der Waals surface area contributed by atoms with Gasteiger partial charge in [-0.15, -0.1) is 0 Å². The first-order valence-electron chi connectivity index (χ1n) is 8.15. The number of benzene rings is 1. The summed E-state index contributed by atoms with van der Waals surface area (Å²) in [5.74, 6) is 1.25. The molecule has 3 rings (SSSR count). The van der Waals surface area contributed by atoms with Crippen LogP contribution in [0.15, 0.2) is 35.3 Å². The van der Waals surface area contributed by atoms with Gasteiger partial charge in [-0.3, -0.25) is 0 Å². The Balaban J connectivity index is 2.21. The zero-order valence-electron chi connectivity index (χ0n) is 14.6. The highest BCUT2D eigenvalue weighted by molar-refractivity contribution is 5.92. The molecule has 0 saturated carbocycles. The number of nitrogens with zero attached hydrogens (tertiary/aromatic N) is 1. The summed E-state index contributed by atoms with van der Waals surface area (Å²) in [6.07, 6.45) is 4.60. The minimum atomic E-state index is -0.211. The van der Waals surface area contributed by atoms with Crippen molar-refractivity contribution in [1.82, 2.24) is 0 Å². The fraction of sp³-hybridized carbons (Fsp3) is 0.550. The number of fused-ring (bicyclic) bond motifs is 1. The van der Waals surface area contributed by atoms with E-state index in [0.717, 1.165) is 5.90 Å². The van der Waals surface area contributed by atoms with Gasteiger partial charge in [0.15, 0.2) is 5.90 Å². The SMILES string of the molecule is CC1(C)COC([C@]2(C)c3ccccc3C=C[C@@H]2C(C)(C)C)=N1. The van der Waals surface area contributed by atoms with Crippen molar-refractivity contribution in [2.75, 3.05) is 6.61 Å². The largest absolute Gasteiger partial charge is 0.478 e. The minimum Gasteiger partial charge on any atom is -0.478 e. The molecule has 1 aromatic rings. The van der Waals surface area contributed by atoms with Gasteiger partial charge in [0.05, 0.1) is 11.0 Å². The monoisotopic (exact) mass is 297 g/mol. The summed E-state index contributed by atoms with van der Waals surface area (Å²) in [6, 6.07) is 8.64. The van der Waals surface area contributed by atoms with Gasteiger partial charge in [0.2, 0.25) is 0 Å². The molecule has 118 valence electrons. The second-order valence-corrected chi connectivity index (χ2v) is 8.51. The van der Waals surface area contributed by atoms with Crippen LogP contribution in [0, 0.1) is 11.3 Å². The van der Waals surface area contributed by atoms with Crippen molar-refractivity contribution < 1.29 is 4.74 Å². The lowest BCUT2D eigenvalue weighted by Gasteiger charge is -2.45. The highest BCUT2D eigenvalue weighted by atomic mass is 16.5. The van der Waals surface area contributed by atoms with Crippen molar-refractivity contribution in [1.29, 1.82) is 0 Å². The number of allylic oxidation sites excluding steroid dienone is 1. The highest BCUT2D eigenvalue weighted by Crippen LogP contribution is 2.49. The van der Waals surface area contributed by atoms with Crippen LogP contribution < -0.4 is 0 Å². The summed E-state index contributed by atoms with van der Waals surface area (Å²) < 4.78 is 6.11. The first kappa shape index (κ1) is 15.3. The van der Waals surface area contributed by atoms with Gasteiger partial charge in [-0.2, -0.15) is 0 Å². The third-order valence-corrected chi connectivity index (χ3v) is 4.95. The molecule has 0 saturated heterocycles. The molecule has 1 aliphatic heterocycles. The van der Waals surface area contributed by atoms with E-state index in [9.17, 15) is 0 Å². The molecule has 0 spiro atoms. The van der Waals surface area contributed by atoms with E-state index in [1.165, 1.54) is 11.1 Å². The Labute approximate surface area is 134 Å². The normalized spacial score (nSPS) is 29.7. The molecule has 2 aliphatic rings. The Morgan fingerprint density at radius 2 is 1.82 bits per heavy atom. The molecule has 0 radical (unpaired) electrons. The number of aliphatic imine (C=N–C) groups is 1. The van der Waals surface area contributed by atoms with Crippen molar-refractivity contribution in [3.05, 3.63) is 41.5 Å². The topological polar surface area (TPSA) is 21.6 Å². The zero-order valence-corrected chi connectivity index (χ0v) is 14.6. The molecule has 2 atom stereocenters. The van der Waals surface area contributed by atoms with Crippen LogP contribution in [-0.4, -0.2) is 18.0 Å². The van der Waals surface area contributed by atoms with Gasteiger partial charge >= 0.3 is 0 Å². The molecule has 22 heavy (non-hydrogen) atoms. The van der Waals surface area contributed by atoms with Gasteiger partial charge in [0.1, 0.15) is 6.61 Å². The van der Waals surface area contributed by atoms with Gasteiger partial charge in [-0.1, -0.05) is 57.2 Å². The lowest BCUT2D eigenvalue weighted by molar-refractivity contribution is 0.191. The third-order valence-electron chi connectivity index (χ3n) is 4.95. The van der Waals surface area contributed by atoms with Crippen molar-refractivity contribution in [2.45, 2.75) is 52.5 Å². The van der Waals surface area contributed by atoms with E-state index in [1.807, 2.05) is 0 Å². The Hall–Kier alpha value is -1.57. The standard InChI is InChI=1S/C20H27NO/c1-18(2,3)16-12-11-14-9-7-8-10-15(14)20(16,6)17-21-19(4,5)13-22-17/h7-12,16H,13H2,1-6H3/t16-,20-/m1/s1. The summed E-state index contributed by atoms with van der Waals surface area (Å²) in [6.45, 7) is 14.1. The molecular formula is C20H27NO. The lowest BCUT2D eigenvalue weighted by atomic mass is 9.59. The van der Waals surface area contributed by atoms with Crippen LogP contribution in [0.5, 0.6) is 0 Å². The molecule has 0 fully saturated rings. The first-order valence-corrected chi connectivity index (χ1v) is 8.15. The number of rotatable bonds is 1. The maximum atomic E-state index is 6.11. The number of hydrogen-bond donors (Lipinski definition) is 0. The van der Waals surface area contributed by atoms with Crippen LogP contribution >= 0.6 is 0 Å². The fourth-order valence-corrected chi connectivity index (χ4v) is 3.93. The molecule has 2 nitrogen and oxygen atoms in total. The number of hydrogen-bond acceptors (Lipinski definition) is 2. The van der Waals surface area contributed by atoms with Crippen LogP contribution in [0.2, 0.25) is 0 Å². The predicted octanol–water partition coefficient (Wildman–Crippen LogP) is 4.84. The summed E-state index contributed by atoms with van der Waals surface area (Å²) >= 11 is 0. The Bertz CT molecular complexity index is 648. The predicted molar refractivity (Wildman–Crippen MR) is 93.2 cm³/mol. The lowest BCUT2D eigenvalue weighted by Crippen LogP contribution is -2.47. The molecular weight excluding hydrogens is 270 g/mol. The second kappa shape index (κ2) is 4.71. The third kappa shape index (κ3) is 2.29. The quantitative estimate of drug-likeness (QED) is 0.726. The molecule has 1 aliphatic carbocycles. The average molecular weight is 297 g/mol. The van der Waals surface area contributed by atoms with E-state index in [2.05, 4.69) is 78.0 Å². The van der Waals surface area contributed by atoms with E-state index in [-0.39, 0.29) is 16.4 Å². The maximum Gasteiger partial charge on any atom is 0.195 e. The van der Waals surface area contributed by atoms with Crippen LogP contribution in [0.4, 0.5) is 0 Å². The molecule has 1 heterocycles. The summed E-state index contributed by atoms with van der Waals surface area (Å²) in [4.78, 5) is 4.94. The van der Waals surface area contributed by atoms with Gasteiger partial charge < -0.3 is 4.74 Å².